The highest BCUT2D eigenvalue weighted by atomic mass is 79.9. The number of rotatable bonds is 6. The molecule has 0 bridgehead atoms. The van der Waals surface area contributed by atoms with Crippen LogP contribution in [0.15, 0.2) is 28.7 Å². The van der Waals surface area contributed by atoms with Gasteiger partial charge in [0.05, 0.1) is 38.2 Å². The summed E-state index contributed by atoms with van der Waals surface area (Å²) in [5.41, 5.74) is 5.41. The molecule has 0 saturated carbocycles. The van der Waals surface area contributed by atoms with Gasteiger partial charge in [0, 0.05) is 34.9 Å². The third-order valence-electron chi connectivity index (χ3n) is 6.31. The first-order valence-corrected chi connectivity index (χ1v) is 11.5. The maximum absolute atomic E-state index is 13.5. The van der Waals surface area contributed by atoms with Gasteiger partial charge in [-0.3, -0.25) is 4.79 Å². The van der Waals surface area contributed by atoms with Crippen LogP contribution in [0.1, 0.15) is 42.6 Å². The molecule has 9 heteroatoms. The minimum Gasteiger partial charge on any atom is -0.453 e. The van der Waals surface area contributed by atoms with E-state index in [1.165, 1.54) is 14.2 Å². The summed E-state index contributed by atoms with van der Waals surface area (Å²) >= 11 is 3.49. The number of amides is 2. The Morgan fingerprint density at radius 1 is 1.22 bits per heavy atom. The molecule has 0 unspecified atom stereocenters. The molecule has 0 spiro atoms. The summed E-state index contributed by atoms with van der Waals surface area (Å²) < 4.78 is 16.9. The monoisotopic (exact) mass is 505 g/mol. The summed E-state index contributed by atoms with van der Waals surface area (Å²) in [6.07, 6.45) is 0.559. The van der Waals surface area contributed by atoms with Crippen LogP contribution in [-0.2, 0) is 32.2 Å². The third kappa shape index (κ3) is 4.29. The lowest BCUT2D eigenvalue weighted by Gasteiger charge is -2.31. The Balaban J connectivity index is 1.66. The summed E-state index contributed by atoms with van der Waals surface area (Å²) in [5.74, 6) is -0.181. The largest absolute Gasteiger partial charge is 0.453 e. The first-order valence-electron chi connectivity index (χ1n) is 10.7. The van der Waals surface area contributed by atoms with Crippen LogP contribution in [0.4, 0.5) is 4.79 Å². The minimum atomic E-state index is -0.835. The average molecular weight is 506 g/mol. The molecule has 1 fully saturated rings. The molecular formula is C23H28BrN3O5. The summed E-state index contributed by atoms with van der Waals surface area (Å²) in [6.45, 7) is 3.44. The fraction of sp³-hybridized carbons (Fsp3) is 0.478. The van der Waals surface area contributed by atoms with Crippen molar-refractivity contribution in [3.63, 3.8) is 0 Å². The first kappa shape index (κ1) is 22.8. The van der Waals surface area contributed by atoms with Gasteiger partial charge in [-0.2, -0.15) is 0 Å². The Hall–Kier alpha value is -2.36. The van der Waals surface area contributed by atoms with Crippen molar-refractivity contribution < 1.29 is 23.8 Å². The minimum absolute atomic E-state index is 0.117. The number of benzene rings is 1. The van der Waals surface area contributed by atoms with Gasteiger partial charge < -0.3 is 29.4 Å². The number of halogens is 1. The Bertz CT molecular complexity index is 990. The first-order chi connectivity index (χ1) is 15.4. The number of nitrogens with zero attached hydrogens (tertiary/aromatic N) is 1. The Morgan fingerprint density at radius 3 is 2.62 bits per heavy atom. The van der Waals surface area contributed by atoms with Crippen molar-refractivity contribution >= 4 is 27.9 Å². The van der Waals surface area contributed by atoms with E-state index in [0.717, 1.165) is 45.4 Å². The number of fused-ring (bicyclic) bond motifs is 1. The zero-order valence-electron chi connectivity index (χ0n) is 18.4. The number of H-pyrrole nitrogens is 1. The number of methoxy groups -OCH3 is 2. The molecule has 0 aliphatic carbocycles. The van der Waals surface area contributed by atoms with Crippen LogP contribution in [0, 0.1) is 0 Å². The molecule has 1 aromatic heterocycles. The van der Waals surface area contributed by atoms with E-state index >= 15 is 0 Å². The van der Waals surface area contributed by atoms with Gasteiger partial charge in [-0.1, -0.05) is 28.1 Å². The molecular weight excluding hydrogens is 478 g/mol. The van der Waals surface area contributed by atoms with Gasteiger partial charge >= 0.3 is 6.09 Å². The predicted octanol–water partition coefficient (Wildman–Crippen LogP) is 3.90. The standard InChI is InChI=1S/C23H28BrN3O5/c1-13(30-2)19(26-23(29)31-3)22(28)27-10-4-5-18(27)21-17-12-32-11-16(17)20(25-21)14-6-8-15(24)9-7-14/h6-9,13,18-19,25H,4-5,10-12H2,1-3H3,(H,26,29)/t13-,18-,19+/m1/s1. The molecule has 2 aliphatic heterocycles. The highest BCUT2D eigenvalue weighted by molar-refractivity contribution is 9.10. The molecule has 3 heterocycles. The van der Waals surface area contributed by atoms with E-state index in [9.17, 15) is 9.59 Å². The van der Waals surface area contributed by atoms with E-state index in [1.807, 2.05) is 17.0 Å². The van der Waals surface area contributed by atoms with Crippen molar-refractivity contribution in [2.24, 2.45) is 0 Å². The van der Waals surface area contributed by atoms with Gasteiger partial charge in [0.15, 0.2) is 0 Å². The molecule has 2 aromatic rings. The van der Waals surface area contributed by atoms with Crippen LogP contribution in [0.2, 0.25) is 0 Å². The van der Waals surface area contributed by atoms with Gasteiger partial charge in [-0.25, -0.2) is 4.79 Å². The highest BCUT2D eigenvalue weighted by Gasteiger charge is 2.40. The van der Waals surface area contributed by atoms with Crippen molar-refractivity contribution in [1.29, 1.82) is 0 Å². The van der Waals surface area contributed by atoms with Crippen LogP contribution in [0.3, 0.4) is 0 Å². The zero-order chi connectivity index (χ0) is 22.8. The number of nitrogens with one attached hydrogen (secondary N) is 2. The molecule has 2 N–H and O–H groups in total. The second-order valence-corrected chi connectivity index (χ2v) is 9.03. The van der Waals surface area contributed by atoms with E-state index in [0.29, 0.717) is 19.8 Å². The van der Waals surface area contributed by atoms with E-state index < -0.39 is 18.2 Å². The van der Waals surface area contributed by atoms with Crippen molar-refractivity contribution in [2.45, 2.75) is 51.2 Å². The van der Waals surface area contributed by atoms with E-state index in [1.54, 1.807) is 6.92 Å². The Kier molecular flexibility index (Phi) is 6.88. The van der Waals surface area contributed by atoms with Crippen LogP contribution in [0.5, 0.6) is 0 Å². The number of ether oxygens (including phenoxy) is 3. The maximum Gasteiger partial charge on any atom is 0.407 e. The molecule has 172 valence electrons. The topological polar surface area (TPSA) is 92.9 Å². The molecule has 2 aliphatic rings. The number of hydrogen-bond donors (Lipinski definition) is 2. The molecule has 1 saturated heterocycles. The number of hydrogen-bond acceptors (Lipinski definition) is 5. The SMILES string of the molecule is COC(=O)N[C@H](C(=O)N1CCC[C@@H]1c1[nH]c(-c2ccc(Br)cc2)c2c1COC2)[C@@H](C)OC. The van der Waals surface area contributed by atoms with E-state index in [4.69, 9.17) is 14.2 Å². The number of aromatic amines is 1. The van der Waals surface area contributed by atoms with Gasteiger partial charge in [-0.15, -0.1) is 0 Å². The van der Waals surface area contributed by atoms with Crippen molar-refractivity contribution in [1.82, 2.24) is 15.2 Å². The van der Waals surface area contributed by atoms with Crippen LogP contribution < -0.4 is 5.32 Å². The molecule has 0 radical (unpaired) electrons. The maximum atomic E-state index is 13.5. The van der Waals surface area contributed by atoms with Crippen molar-refractivity contribution in [3.8, 4) is 11.3 Å². The molecule has 8 nitrogen and oxygen atoms in total. The van der Waals surface area contributed by atoms with Crippen LogP contribution >= 0.6 is 15.9 Å². The number of likely N-dealkylation sites (tertiary alicyclic amines) is 1. The molecule has 32 heavy (non-hydrogen) atoms. The number of aromatic nitrogens is 1. The zero-order valence-corrected chi connectivity index (χ0v) is 20.0. The fourth-order valence-corrected chi connectivity index (χ4v) is 4.80. The normalized spacial score (nSPS) is 19.5. The van der Waals surface area contributed by atoms with Crippen molar-refractivity contribution in [3.05, 3.63) is 45.6 Å². The molecule has 1 aromatic carbocycles. The third-order valence-corrected chi connectivity index (χ3v) is 6.84. The summed E-state index contributed by atoms with van der Waals surface area (Å²) in [7, 11) is 2.80. The van der Waals surface area contributed by atoms with Crippen molar-refractivity contribution in [2.75, 3.05) is 20.8 Å². The van der Waals surface area contributed by atoms with Gasteiger partial charge in [0.2, 0.25) is 5.91 Å². The molecule has 3 atom stereocenters. The second-order valence-electron chi connectivity index (χ2n) is 8.11. The number of alkyl carbamates (subject to hydrolysis) is 1. The van der Waals surface area contributed by atoms with Gasteiger partial charge in [-0.05, 0) is 37.5 Å². The van der Waals surface area contributed by atoms with E-state index in [-0.39, 0.29) is 11.9 Å². The quantitative estimate of drug-likeness (QED) is 0.620. The molecule has 4 rings (SSSR count). The number of carbonyl (C=O) groups is 2. The predicted molar refractivity (Wildman–Crippen MR) is 122 cm³/mol. The fourth-order valence-electron chi connectivity index (χ4n) is 4.54. The van der Waals surface area contributed by atoms with Crippen LogP contribution in [-0.4, -0.2) is 54.8 Å². The molecule has 2 amide bonds. The number of carbonyl (C=O) groups excluding carboxylic acids is 2. The smallest absolute Gasteiger partial charge is 0.407 e. The lowest BCUT2D eigenvalue weighted by atomic mass is 10.0. The van der Waals surface area contributed by atoms with E-state index in [2.05, 4.69) is 38.4 Å². The Morgan fingerprint density at radius 2 is 1.94 bits per heavy atom. The average Bonchev–Trinajstić information content (AvgIpc) is 3.53. The second kappa shape index (κ2) is 9.64. The van der Waals surface area contributed by atoms with Crippen LogP contribution in [0.25, 0.3) is 11.3 Å². The lowest BCUT2D eigenvalue weighted by molar-refractivity contribution is -0.137. The lowest BCUT2D eigenvalue weighted by Crippen LogP contribution is -2.54. The summed E-state index contributed by atoms with van der Waals surface area (Å²) in [4.78, 5) is 30.8. The highest BCUT2D eigenvalue weighted by Crippen LogP contribution is 2.41. The summed E-state index contributed by atoms with van der Waals surface area (Å²) in [5, 5.41) is 2.64. The van der Waals surface area contributed by atoms with Gasteiger partial charge in [0.25, 0.3) is 0 Å². The van der Waals surface area contributed by atoms with Gasteiger partial charge in [0.1, 0.15) is 6.04 Å². The summed E-state index contributed by atoms with van der Waals surface area (Å²) in [6, 6.07) is 7.20. The Labute approximate surface area is 195 Å².